The summed E-state index contributed by atoms with van der Waals surface area (Å²) in [6.45, 7) is 6.24. The van der Waals surface area contributed by atoms with Gasteiger partial charge in [-0.3, -0.25) is 14.8 Å². The van der Waals surface area contributed by atoms with Crippen LogP contribution in [0.15, 0.2) is 34.3 Å². The standard InChI is InChI=1S/C18H23N5O2S2/c1-10(2)8-12(9-24)20-15-14-16(23-18(25)27-14)22-17(21-15)26-11(3)13-6-4-5-7-19-13/h4-7,10-12,24H,8-9H2,1-3H3,(H2,20,21,22,23,25)/t11-,12?/m0/s1. The molecule has 0 aliphatic carbocycles. The maximum absolute atomic E-state index is 11.8. The number of nitrogens with zero attached hydrogens (tertiary/aromatic N) is 3. The van der Waals surface area contributed by atoms with Gasteiger partial charge in [0.25, 0.3) is 0 Å². The van der Waals surface area contributed by atoms with Gasteiger partial charge in [-0.2, -0.15) is 0 Å². The van der Waals surface area contributed by atoms with Gasteiger partial charge in [-0.05, 0) is 31.4 Å². The van der Waals surface area contributed by atoms with Crippen molar-refractivity contribution in [2.45, 2.75) is 43.6 Å². The van der Waals surface area contributed by atoms with Gasteiger partial charge >= 0.3 is 4.87 Å². The van der Waals surface area contributed by atoms with Gasteiger partial charge in [-0.25, -0.2) is 9.97 Å². The molecular formula is C18H23N5O2S2. The molecule has 0 saturated heterocycles. The average molecular weight is 406 g/mol. The first-order valence-corrected chi connectivity index (χ1v) is 10.5. The molecule has 3 rings (SSSR count). The number of nitrogens with one attached hydrogen (secondary N) is 2. The van der Waals surface area contributed by atoms with E-state index < -0.39 is 0 Å². The van der Waals surface area contributed by atoms with Crippen molar-refractivity contribution in [3.8, 4) is 0 Å². The van der Waals surface area contributed by atoms with Gasteiger partial charge in [0, 0.05) is 6.20 Å². The molecule has 0 saturated carbocycles. The average Bonchev–Trinajstić information content (AvgIpc) is 3.02. The van der Waals surface area contributed by atoms with Gasteiger partial charge in [0.05, 0.1) is 23.6 Å². The molecule has 27 heavy (non-hydrogen) atoms. The zero-order chi connectivity index (χ0) is 19.4. The van der Waals surface area contributed by atoms with E-state index in [4.69, 9.17) is 0 Å². The van der Waals surface area contributed by atoms with Crippen molar-refractivity contribution >= 4 is 39.3 Å². The molecule has 0 fully saturated rings. The third kappa shape index (κ3) is 5.06. The zero-order valence-electron chi connectivity index (χ0n) is 15.5. The fraction of sp³-hybridized carbons (Fsp3) is 0.444. The second-order valence-electron chi connectivity index (χ2n) is 6.72. The molecule has 3 aromatic heterocycles. The first-order valence-electron chi connectivity index (χ1n) is 8.82. The lowest BCUT2D eigenvalue weighted by molar-refractivity contribution is 0.259. The van der Waals surface area contributed by atoms with Crippen LogP contribution in [-0.4, -0.2) is 37.7 Å². The summed E-state index contributed by atoms with van der Waals surface area (Å²) in [7, 11) is 0. The number of thiazole rings is 1. The Morgan fingerprint density at radius 1 is 1.30 bits per heavy atom. The summed E-state index contributed by atoms with van der Waals surface area (Å²) in [5.74, 6) is 1.01. The van der Waals surface area contributed by atoms with E-state index in [-0.39, 0.29) is 22.8 Å². The summed E-state index contributed by atoms with van der Waals surface area (Å²) in [6, 6.07) is 5.66. The van der Waals surface area contributed by atoms with Crippen molar-refractivity contribution in [1.82, 2.24) is 19.9 Å². The largest absolute Gasteiger partial charge is 0.394 e. The molecule has 144 valence electrons. The normalized spacial score (nSPS) is 13.8. The van der Waals surface area contributed by atoms with Crippen LogP contribution in [0.5, 0.6) is 0 Å². The smallest absolute Gasteiger partial charge is 0.306 e. The summed E-state index contributed by atoms with van der Waals surface area (Å²) in [4.78, 5) is 27.9. The maximum Gasteiger partial charge on any atom is 0.306 e. The van der Waals surface area contributed by atoms with Gasteiger partial charge in [0.1, 0.15) is 4.70 Å². The number of H-pyrrole nitrogens is 1. The first-order chi connectivity index (χ1) is 13.0. The van der Waals surface area contributed by atoms with Crippen LogP contribution in [-0.2, 0) is 0 Å². The Hall–Kier alpha value is -1.97. The number of aliphatic hydroxyl groups is 1. The predicted molar refractivity (Wildman–Crippen MR) is 110 cm³/mol. The Kier molecular flexibility index (Phi) is 6.46. The Bertz CT molecular complexity index is 942. The molecule has 0 aromatic carbocycles. The van der Waals surface area contributed by atoms with Crippen molar-refractivity contribution in [1.29, 1.82) is 0 Å². The number of rotatable bonds is 8. The second-order valence-corrected chi connectivity index (χ2v) is 9.01. The van der Waals surface area contributed by atoms with Gasteiger partial charge in [0.15, 0.2) is 16.6 Å². The van der Waals surface area contributed by atoms with Gasteiger partial charge in [-0.15, -0.1) is 0 Å². The number of hydrogen-bond donors (Lipinski definition) is 3. The molecule has 0 aliphatic heterocycles. The first kappa shape index (κ1) is 19.8. The third-order valence-corrected chi connectivity index (χ3v) is 5.83. The molecule has 0 bridgehead atoms. The Morgan fingerprint density at radius 2 is 2.11 bits per heavy atom. The summed E-state index contributed by atoms with van der Waals surface area (Å²) in [6.07, 6.45) is 2.56. The molecule has 0 aliphatic rings. The highest BCUT2D eigenvalue weighted by Gasteiger charge is 2.18. The third-order valence-electron chi connectivity index (χ3n) is 3.96. The molecule has 2 atom stereocenters. The van der Waals surface area contributed by atoms with Crippen LogP contribution < -0.4 is 10.2 Å². The fourth-order valence-electron chi connectivity index (χ4n) is 2.75. The van der Waals surface area contributed by atoms with Gasteiger partial charge in [-0.1, -0.05) is 43.0 Å². The highest BCUT2D eigenvalue weighted by molar-refractivity contribution is 7.99. The van der Waals surface area contributed by atoms with Crippen LogP contribution in [0.1, 0.15) is 38.1 Å². The molecule has 0 amide bonds. The quantitative estimate of drug-likeness (QED) is 0.389. The molecule has 3 heterocycles. The maximum atomic E-state index is 11.8. The van der Waals surface area contributed by atoms with E-state index in [0.717, 1.165) is 23.5 Å². The van der Waals surface area contributed by atoms with Gasteiger partial charge < -0.3 is 10.4 Å². The zero-order valence-corrected chi connectivity index (χ0v) is 17.1. The van der Waals surface area contributed by atoms with Crippen LogP contribution >= 0.6 is 23.1 Å². The van der Waals surface area contributed by atoms with Crippen molar-refractivity contribution in [2.24, 2.45) is 5.92 Å². The molecule has 3 aromatic rings. The lowest BCUT2D eigenvalue weighted by atomic mass is 10.0. The second kappa shape index (κ2) is 8.81. The minimum atomic E-state index is -0.174. The molecule has 9 heteroatoms. The topological polar surface area (TPSA) is 104 Å². The van der Waals surface area contributed by atoms with E-state index in [0.29, 0.717) is 27.2 Å². The van der Waals surface area contributed by atoms with Gasteiger partial charge in [0.2, 0.25) is 0 Å². The SMILES string of the molecule is CC(C)CC(CO)Nc1nc(S[C@@H](C)c2ccccn2)nc2[nH]c(=O)sc12. The fourth-order valence-corrected chi connectivity index (χ4v) is 4.35. The molecule has 7 nitrogen and oxygen atoms in total. The van der Waals surface area contributed by atoms with Crippen molar-refractivity contribution in [3.63, 3.8) is 0 Å². The minimum absolute atomic E-state index is 0.00415. The Balaban J connectivity index is 1.91. The lowest BCUT2D eigenvalue weighted by Gasteiger charge is -2.19. The van der Waals surface area contributed by atoms with E-state index in [2.05, 4.69) is 39.1 Å². The summed E-state index contributed by atoms with van der Waals surface area (Å²) < 4.78 is 0.678. The van der Waals surface area contributed by atoms with Crippen LogP contribution in [0.3, 0.4) is 0 Å². The van der Waals surface area contributed by atoms with Crippen LogP contribution in [0, 0.1) is 5.92 Å². The van der Waals surface area contributed by atoms with E-state index in [1.807, 2.05) is 25.1 Å². The van der Waals surface area contributed by atoms with Crippen LogP contribution in [0.4, 0.5) is 5.82 Å². The Morgan fingerprint density at radius 3 is 2.78 bits per heavy atom. The number of pyridine rings is 1. The van der Waals surface area contributed by atoms with Crippen molar-refractivity contribution in [3.05, 3.63) is 39.8 Å². The molecule has 3 N–H and O–H groups in total. The van der Waals surface area contributed by atoms with Crippen molar-refractivity contribution < 1.29 is 5.11 Å². The van der Waals surface area contributed by atoms with Crippen LogP contribution in [0.2, 0.25) is 0 Å². The number of fused-ring (bicyclic) bond motifs is 1. The monoisotopic (exact) mass is 405 g/mol. The van der Waals surface area contributed by atoms with Crippen LogP contribution in [0.25, 0.3) is 10.3 Å². The number of aromatic amines is 1. The number of thioether (sulfide) groups is 1. The molecule has 0 spiro atoms. The lowest BCUT2D eigenvalue weighted by Crippen LogP contribution is -2.26. The van der Waals surface area contributed by atoms with E-state index >= 15 is 0 Å². The van der Waals surface area contributed by atoms with Crippen molar-refractivity contribution in [2.75, 3.05) is 11.9 Å². The van der Waals surface area contributed by atoms with E-state index in [9.17, 15) is 9.90 Å². The number of aliphatic hydroxyl groups excluding tert-OH is 1. The number of anilines is 1. The Labute approximate surface area is 165 Å². The minimum Gasteiger partial charge on any atom is -0.394 e. The highest BCUT2D eigenvalue weighted by Crippen LogP contribution is 2.34. The number of hydrogen-bond acceptors (Lipinski definition) is 8. The summed E-state index contributed by atoms with van der Waals surface area (Å²) in [5, 5.41) is 13.6. The predicted octanol–water partition coefficient (Wildman–Crippen LogP) is 3.45. The molecule has 0 radical (unpaired) electrons. The highest BCUT2D eigenvalue weighted by atomic mass is 32.2. The summed E-state index contributed by atoms with van der Waals surface area (Å²) in [5.41, 5.74) is 1.45. The number of aromatic nitrogens is 4. The summed E-state index contributed by atoms with van der Waals surface area (Å²) >= 11 is 2.55. The molecule has 1 unspecified atom stereocenters. The van der Waals surface area contributed by atoms with E-state index in [1.54, 1.807) is 6.20 Å². The molecular weight excluding hydrogens is 382 g/mol. The van der Waals surface area contributed by atoms with E-state index in [1.165, 1.54) is 11.8 Å².